The predicted molar refractivity (Wildman–Crippen MR) is 70.9 cm³/mol. The molecule has 6 nitrogen and oxygen atoms in total. The molecule has 0 bridgehead atoms. The Morgan fingerprint density at radius 2 is 2.15 bits per heavy atom. The maximum Gasteiger partial charge on any atom is 0.249 e. The average molecular weight is 270 g/mol. The lowest BCUT2D eigenvalue weighted by molar-refractivity contribution is 0.191. The second kappa shape index (κ2) is 4.94. The van der Waals surface area contributed by atoms with Gasteiger partial charge < -0.3 is 14.5 Å². The quantitative estimate of drug-likeness (QED) is 0.891. The number of aliphatic hydroxyl groups excluding tert-OH is 1. The molecule has 0 amide bonds. The molecular weight excluding hydrogens is 256 g/mol. The average Bonchev–Trinajstić information content (AvgIpc) is 3.05. The summed E-state index contributed by atoms with van der Waals surface area (Å²) in [6.45, 7) is 2.28. The molecule has 0 unspecified atom stereocenters. The standard InChI is InChI=1S/C14H14N4O2/c1-9-16-14(20-17-9)13-6-12(19)8-18(13)11-4-2-10(7-15)3-5-11/h2-5,12-13,19H,6,8H2,1H3/t12-,13+/m0/s1. The van der Waals surface area contributed by atoms with Crippen molar-refractivity contribution in [3.63, 3.8) is 0 Å². The Labute approximate surface area is 116 Å². The van der Waals surface area contributed by atoms with Crippen molar-refractivity contribution in [3.8, 4) is 6.07 Å². The minimum atomic E-state index is -0.428. The van der Waals surface area contributed by atoms with Gasteiger partial charge in [-0.3, -0.25) is 0 Å². The number of hydrogen-bond acceptors (Lipinski definition) is 6. The van der Waals surface area contributed by atoms with Crippen LogP contribution in [0, 0.1) is 18.3 Å². The highest BCUT2D eigenvalue weighted by molar-refractivity contribution is 5.52. The largest absolute Gasteiger partial charge is 0.391 e. The van der Waals surface area contributed by atoms with Gasteiger partial charge in [0.25, 0.3) is 0 Å². The monoisotopic (exact) mass is 270 g/mol. The summed E-state index contributed by atoms with van der Waals surface area (Å²) in [5.41, 5.74) is 1.54. The van der Waals surface area contributed by atoms with Crippen LogP contribution in [0.4, 0.5) is 5.69 Å². The molecule has 6 heteroatoms. The van der Waals surface area contributed by atoms with Crippen LogP contribution in [0.1, 0.15) is 29.7 Å². The number of aliphatic hydroxyl groups is 1. The Kier molecular flexibility index (Phi) is 3.12. The molecule has 102 valence electrons. The van der Waals surface area contributed by atoms with Crippen molar-refractivity contribution in [2.24, 2.45) is 0 Å². The zero-order valence-corrected chi connectivity index (χ0v) is 11.0. The topological polar surface area (TPSA) is 86.2 Å². The first-order valence-corrected chi connectivity index (χ1v) is 6.42. The molecule has 1 N–H and O–H groups in total. The molecule has 2 atom stereocenters. The van der Waals surface area contributed by atoms with E-state index < -0.39 is 6.10 Å². The van der Waals surface area contributed by atoms with E-state index in [1.165, 1.54) is 0 Å². The lowest BCUT2D eigenvalue weighted by Crippen LogP contribution is -2.24. The van der Waals surface area contributed by atoms with Crippen LogP contribution in [0.3, 0.4) is 0 Å². The maximum absolute atomic E-state index is 9.92. The highest BCUT2D eigenvalue weighted by Gasteiger charge is 2.35. The van der Waals surface area contributed by atoms with Crippen LogP contribution in [-0.4, -0.2) is 27.9 Å². The van der Waals surface area contributed by atoms with E-state index in [1.54, 1.807) is 19.1 Å². The third-order valence-corrected chi connectivity index (χ3v) is 3.44. The zero-order valence-electron chi connectivity index (χ0n) is 11.0. The van der Waals surface area contributed by atoms with Crippen molar-refractivity contribution in [1.82, 2.24) is 10.1 Å². The number of β-amino-alcohol motifs (C(OH)–C–C–N with tert-alkyl or cyclic N) is 1. The Bertz CT molecular complexity index is 644. The molecule has 1 fully saturated rings. The van der Waals surface area contributed by atoms with Gasteiger partial charge >= 0.3 is 0 Å². The molecular formula is C14H14N4O2. The molecule has 1 aliphatic rings. The lowest BCUT2D eigenvalue weighted by Gasteiger charge is -2.23. The molecule has 0 saturated carbocycles. The van der Waals surface area contributed by atoms with Gasteiger partial charge in [0.1, 0.15) is 6.04 Å². The van der Waals surface area contributed by atoms with Crippen LogP contribution in [0.15, 0.2) is 28.8 Å². The van der Waals surface area contributed by atoms with Crippen LogP contribution in [-0.2, 0) is 0 Å². The summed E-state index contributed by atoms with van der Waals surface area (Å²) in [6, 6.07) is 9.22. The summed E-state index contributed by atoms with van der Waals surface area (Å²) in [6.07, 6.45) is 0.129. The van der Waals surface area contributed by atoms with Gasteiger partial charge in [0, 0.05) is 18.7 Å². The first-order chi connectivity index (χ1) is 9.67. The number of rotatable bonds is 2. The third kappa shape index (κ3) is 2.24. The Morgan fingerprint density at radius 3 is 2.75 bits per heavy atom. The number of benzene rings is 1. The normalized spacial score (nSPS) is 21.9. The van der Waals surface area contributed by atoms with Gasteiger partial charge in [0.2, 0.25) is 5.89 Å². The molecule has 0 spiro atoms. The Hall–Kier alpha value is -2.39. The molecule has 20 heavy (non-hydrogen) atoms. The Morgan fingerprint density at radius 1 is 1.40 bits per heavy atom. The molecule has 1 aromatic carbocycles. The first kappa shape index (κ1) is 12.6. The van der Waals surface area contributed by atoms with Crippen molar-refractivity contribution in [1.29, 1.82) is 5.26 Å². The molecule has 2 aromatic rings. The van der Waals surface area contributed by atoms with E-state index in [1.807, 2.05) is 17.0 Å². The van der Waals surface area contributed by atoms with Gasteiger partial charge in [-0.2, -0.15) is 10.2 Å². The van der Waals surface area contributed by atoms with Gasteiger partial charge in [-0.05, 0) is 31.2 Å². The van der Waals surface area contributed by atoms with Crippen LogP contribution in [0.5, 0.6) is 0 Å². The van der Waals surface area contributed by atoms with Gasteiger partial charge in [0.05, 0.1) is 17.7 Å². The summed E-state index contributed by atoms with van der Waals surface area (Å²) in [5.74, 6) is 1.10. The summed E-state index contributed by atoms with van der Waals surface area (Å²) in [7, 11) is 0. The van der Waals surface area contributed by atoms with Gasteiger partial charge in [-0.1, -0.05) is 5.16 Å². The predicted octanol–water partition coefficient (Wildman–Crippen LogP) is 1.56. The lowest BCUT2D eigenvalue weighted by atomic mass is 10.1. The SMILES string of the molecule is Cc1noc([C@H]2C[C@H](O)CN2c2ccc(C#N)cc2)n1. The summed E-state index contributed by atoms with van der Waals surface area (Å²) >= 11 is 0. The smallest absolute Gasteiger partial charge is 0.249 e. The molecule has 1 aromatic heterocycles. The van der Waals surface area contributed by atoms with E-state index in [0.29, 0.717) is 30.2 Å². The number of anilines is 1. The van der Waals surface area contributed by atoms with E-state index in [-0.39, 0.29) is 6.04 Å². The van der Waals surface area contributed by atoms with Crippen molar-refractivity contribution >= 4 is 5.69 Å². The number of nitriles is 1. The van der Waals surface area contributed by atoms with Crippen LogP contribution >= 0.6 is 0 Å². The summed E-state index contributed by atoms with van der Waals surface area (Å²) in [4.78, 5) is 6.28. The number of aromatic nitrogens is 2. The molecule has 1 aliphatic heterocycles. The van der Waals surface area contributed by atoms with Crippen molar-refractivity contribution in [3.05, 3.63) is 41.5 Å². The van der Waals surface area contributed by atoms with Gasteiger partial charge in [-0.15, -0.1) is 0 Å². The minimum absolute atomic E-state index is 0.126. The summed E-state index contributed by atoms with van der Waals surface area (Å²) in [5, 5.41) is 22.6. The van der Waals surface area contributed by atoms with Crippen LogP contribution in [0.2, 0.25) is 0 Å². The first-order valence-electron chi connectivity index (χ1n) is 6.42. The summed E-state index contributed by atoms with van der Waals surface area (Å²) < 4.78 is 5.23. The van der Waals surface area contributed by atoms with E-state index in [9.17, 15) is 5.11 Å². The molecule has 0 radical (unpaired) electrons. The zero-order chi connectivity index (χ0) is 14.1. The van der Waals surface area contributed by atoms with E-state index >= 15 is 0 Å². The van der Waals surface area contributed by atoms with Crippen LogP contribution < -0.4 is 4.90 Å². The fourth-order valence-electron chi connectivity index (χ4n) is 2.51. The highest BCUT2D eigenvalue weighted by atomic mass is 16.5. The van der Waals surface area contributed by atoms with Gasteiger partial charge in [0.15, 0.2) is 5.82 Å². The third-order valence-electron chi connectivity index (χ3n) is 3.44. The maximum atomic E-state index is 9.92. The number of hydrogen-bond donors (Lipinski definition) is 1. The van der Waals surface area contributed by atoms with E-state index in [2.05, 4.69) is 16.2 Å². The van der Waals surface area contributed by atoms with E-state index in [4.69, 9.17) is 9.78 Å². The minimum Gasteiger partial charge on any atom is -0.391 e. The Balaban J connectivity index is 1.91. The molecule has 3 rings (SSSR count). The second-order valence-electron chi connectivity index (χ2n) is 4.90. The molecule has 0 aliphatic carbocycles. The van der Waals surface area contributed by atoms with E-state index in [0.717, 1.165) is 5.69 Å². The van der Waals surface area contributed by atoms with Gasteiger partial charge in [-0.25, -0.2) is 0 Å². The van der Waals surface area contributed by atoms with Crippen LogP contribution in [0.25, 0.3) is 0 Å². The van der Waals surface area contributed by atoms with Crippen molar-refractivity contribution in [2.75, 3.05) is 11.4 Å². The molecule has 2 heterocycles. The second-order valence-corrected chi connectivity index (χ2v) is 4.90. The molecule has 1 saturated heterocycles. The number of nitrogens with zero attached hydrogens (tertiary/aromatic N) is 4. The van der Waals surface area contributed by atoms with Crippen molar-refractivity contribution in [2.45, 2.75) is 25.5 Å². The number of aryl methyl sites for hydroxylation is 1. The fourth-order valence-corrected chi connectivity index (χ4v) is 2.51. The fraction of sp³-hybridized carbons (Fsp3) is 0.357. The van der Waals surface area contributed by atoms with Crippen molar-refractivity contribution < 1.29 is 9.63 Å². The highest BCUT2D eigenvalue weighted by Crippen LogP contribution is 2.35.